The Kier molecular flexibility index (Phi) is 3.78. The highest BCUT2D eigenvalue weighted by Crippen LogP contribution is 2.27. The molecule has 104 valence electrons. The van der Waals surface area contributed by atoms with E-state index in [1.807, 2.05) is 60.7 Å². The Morgan fingerprint density at radius 3 is 1.76 bits per heavy atom. The molecule has 0 amide bonds. The van der Waals surface area contributed by atoms with Crippen molar-refractivity contribution < 1.29 is 4.74 Å². The van der Waals surface area contributed by atoms with Gasteiger partial charge in [-0.3, -0.25) is 0 Å². The molecule has 3 aromatic rings. The van der Waals surface area contributed by atoms with E-state index in [1.54, 1.807) is 12.1 Å². The van der Waals surface area contributed by atoms with Gasteiger partial charge in [0.05, 0.1) is 0 Å². The first-order chi connectivity index (χ1) is 10.3. The number of ether oxygens (including phenoxy) is 1. The number of hydrogen-bond donors (Lipinski definition) is 1. The normalized spacial score (nSPS) is 10.5. The number of benzene rings is 2. The fourth-order valence-corrected chi connectivity index (χ4v) is 2.10. The summed E-state index contributed by atoms with van der Waals surface area (Å²) < 4.78 is 6.01. The maximum absolute atomic E-state index is 6.01. The van der Waals surface area contributed by atoms with Gasteiger partial charge in [-0.05, 0) is 17.2 Å². The molecule has 4 heteroatoms. The van der Waals surface area contributed by atoms with Crippen LogP contribution < -0.4 is 10.5 Å². The highest BCUT2D eigenvalue weighted by molar-refractivity contribution is 5.32. The van der Waals surface area contributed by atoms with Crippen LogP contribution >= 0.6 is 0 Å². The van der Waals surface area contributed by atoms with Gasteiger partial charge in [0.1, 0.15) is 5.82 Å². The molecule has 0 bridgehead atoms. The van der Waals surface area contributed by atoms with Crippen molar-refractivity contribution in [2.24, 2.45) is 0 Å². The predicted molar refractivity (Wildman–Crippen MR) is 81.8 cm³/mol. The van der Waals surface area contributed by atoms with E-state index in [-0.39, 0.29) is 6.10 Å². The quantitative estimate of drug-likeness (QED) is 0.795. The fourth-order valence-electron chi connectivity index (χ4n) is 2.10. The van der Waals surface area contributed by atoms with E-state index in [4.69, 9.17) is 10.5 Å². The fraction of sp³-hybridized carbons (Fsp3) is 0.0588. The van der Waals surface area contributed by atoms with Crippen LogP contribution in [0.25, 0.3) is 0 Å². The molecule has 2 aromatic carbocycles. The predicted octanol–water partition coefficient (Wildman–Crippen LogP) is 3.23. The van der Waals surface area contributed by atoms with E-state index in [1.165, 1.54) is 0 Å². The Labute approximate surface area is 123 Å². The van der Waals surface area contributed by atoms with E-state index in [2.05, 4.69) is 10.2 Å². The lowest BCUT2D eigenvalue weighted by Gasteiger charge is -2.19. The van der Waals surface area contributed by atoms with Gasteiger partial charge in [-0.25, -0.2) is 0 Å². The minimum atomic E-state index is -0.231. The first-order valence-corrected chi connectivity index (χ1v) is 6.69. The standard InChI is InChI=1S/C17H15N3O/c18-15-11-12-16(20-19-15)21-17(13-7-3-1-4-8-13)14-9-5-2-6-10-14/h1-12,17H,(H2,18,19). The largest absolute Gasteiger partial charge is 0.463 e. The zero-order chi connectivity index (χ0) is 14.5. The van der Waals surface area contributed by atoms with Crippen LogP contribution in [0, 0.1) is 0 Å². The molecule has 1 aromatic heterocycles. The van der Waals surface area contributed by atoms with Gasteiger partial charge in [-0.1, -0.05) is 60.7 Å². The highest BCUT2D eigenvalue weighted by atomic mass is 16.5. The molecular weight excluding hydrogens is 262 g/mol. The van der Waals surface area contributed by atoms with E-state index in [0.717, 1.165) is 11.1 Å². The van der Waals surface area contributed by atoms with Gasteiger partial charge >= 0.3 is 0 Å². The summed E-state index contributed by atoms with van der Waals surface area (Å²) in [6.45, 7) is 0. The summed E-state index contributed by atoms with van der Waals surface area (Å²) in [5.74, 6) is 0.820. The molecule has 0 atom stereocenters. The SMILES string of the molecule is Nc1ccc(OC(c2ccccc2)c2ccccc2)nn1. The molecule has 0 spiro atoms. The summed E-state index contributed by atoms with van der Waals surface area (Å²) in [4.78, 5) is 0. The number of anilines is 1. The molecule has 0 saturated carbocycles. The maximum Gasteiger partial charge on any atom is 0.234 e. The maximum atomic E-state index is 6.01. The molecule has 0 saturated heterocycles. The number of nitrogens with two attached hydrogens (primary N) is 1. The van der Waals surface area contributed by atoms with Crippen molar-refractivity contribution in [3.63, 3.8) is 0 Å². The van der Waals surface area contributed by atoms with Gasteiger partial charge in [-0.15, -0.1) is 10.2 Å². The summed E-state index contributed by atoms with van der Waals surface area (Å²) >= 11 is 0. The van der Waals surface area contributed by atoms with Crippen LogP contribution in [0.2, 0.25) is 0 Å². The molecule has 21 heavy (non-hydrogen) atoms. The molecular formula is C17H15N3O. The number of nitrogen functional groups attached to an aromatic ring is 1. The molecule has 0 radical (unpaired) electrons. The topological polar surface area (TPSA) is 61.0 Å². The number of hydrogen-bond acceptors (Lipinski definition) is 4. The van der Waals surface area contributed by atoms with Crippen LogP contribution in [0.5, 0.6) is 5.88 Å². The molecule has 4 nitrogen and oxygen atoms in total. The van der Waals surface area contributed by atoms with Crippen LogP contribution in [-0.4, -0.2) is 10.2 Å². The Morgan fingerprint density at radius 1 is 0.714 bits per heavy atom. The Balaban J connectivity index is 1.95. The van der Waals surface area contributed by atoms with E-state index >= 15 is 0 Å². The van der Waals surface area contributed by atoms with Crippen molar-refractivity contribution in [1.82, 2.24) is 10.2 Å². The average molecular weight is 277 g/mol. The zero-order valence-corrected chi connectivity index (χ0v) is 11.4. The van der Waals surface area contributed by atoms with Gasteiger partial charge in [0, 0.05) is 6.07 Å². The lowest BCUT2D eigenvalue weighted by molar-refractivity contribution is 0.234. The highest BCUT2D eigenvalue weighted by Gasteiger charge is 2.16. The third-order valence-corrected chi connectivity index (χ3v) is 3.10. The summed E-state index contributed by atoms with van der Waals surface area (Å²) in [5.41, 5.74) is 7.67. The molecule has 0 unspecified atom stereocenters. The van der Waals surface area contributed by atoms with Gasteiger partial charge in [0.25, 0.3) is 0 Å². The molecule has 2 N–H and O–H groups in total. The van der Waals surface area contributed by atoms with Crippen molar-refractivity contribution in [2.75, 3.05) is 5.73 Å². The Bertz CT molecular complexity index is 645. The van der Waals surface area contributed by atoms with Gasteiger partial charge in [0.2, 0.25) is 5.88 Å². The monoisotopic (exact) mass is 277 g/mol. The van der Waals surface area contributed by atoms with Crippen LogP contribution in [0.15, 0.2) is 72.8 Å². The summed E-state index contributed by atoms with van der Waals surface area (Å²) in [6.07, 6.45) is -0.231. The third kappa shape index (κ3) is 3.17. The van der Waals surface area contributed by atoms with E-state index < -0.39 is 0 Å². The van der Waals surface area contributed by atoms with Gasteiger partial charge in [-0.2, -0.15) is 0 Å². The second-order valence-electron chi connectivity index (χ2n) is 4.62. The van der Waals surface area contributed by atoms with Gasteiger partial charge in [0.15, 0.2) is 6.10 Å². The molecule has 0 aliphatic rings. The number of nitrogens with zero attached hydrogens (tertiary/aromatic N) is 2. The van der Waals surface area contributed by atoms with Gasteiger partial charge < -0.3 is 10.5 Å². The van der Waals surface area contributed by atoms with Crippen LogP contribution in [0.3, 0.4) is 0 Å². The second-order valence-corrected chi connectivity index (χ2v) is 4.62. The summed E-state index contributed by atoms with van der Waals surface area (Å²) in [7, 11) is 0. The minimum absolute atomic E-state index is 0.231. The molecule has 0 fully saturated rings. The lowest BCUT2D eigenvalue weighted by atomic mass is 10.0. The molecule has 0 aliphatic heterocycles. The van der Waals surface area contributed by atoms with Crippen molar-refractivity contribution >= 4 is 5.82 Å². The third-order valence-electron chi connectivity index (χ3n) is 3.10. The number of rotatable bonds is 4. The van der Waals surface area contributed by atoms with Crippen molar-refractivity contribution in [1.29, 1.82) is 0 Å². The Morgan fingerprint density at radius 2 is 1.29 bits per heavy atom. The first-order valence-electron chi connectivity index (χ1n) is 6.69. The molecule has 1 heterocycles. The summed E-state index contributed by atoms with van der Waals surface area (Å²) in [6, 6.07) is 23.4. The van der Waals surface area contributed by atoms with Crippen molar-refractivity contribution in [2.45, 2.75) is 6.10 Å². The molecule has 0 aliphatic carbocycles. The second kappa shape index (κ2) is 6.05. The smallest absolute Gasteiger partial charge is 0.234 e. The van der Waals surface area contributed by atoms with Crippen molar-refractivity contribution in [3.05, 3.63) is 83.9 Å². The number of aromatic nitrogens is 2. The zero-order valence-electron chi connectivity index (χ0n) is 11.4. The first kappa shape index (κ1) is 13.1. The molecule has 3 rings (SSSR count). The van der Waals surface area contributed by atoms with Crippen molar-refractivity contribution in [3.8, 4) is 5.88 Å². The van der Waals surface area contributed by atoms with Crippen LogP contribution in [0.4, 0.5) is 5.82 Å². The van der Waals surface area contributed by atoms with E-state index in [0.29, 0.717) is 11.7 Å². The average Bonchev–Trinajstić information content (AvgIpc) is 2.56. The Hall–Kier alpha value is -2.88. The van der Waals surface area contributed by atoms with Crippen LogP contribution in [0.1, 0.15) is 17.2 Å². The minimum Gasteiger partial charge on any atom is -0.463 e. The van der Waals surface area contributed by atoms with E-state index in [9.17, 15) is 0 Å². The summed E-state index contributed by atoms with van der Waals surface area (Å²) in [5, 5.41) is 7.79. The lowest BCUT2D eigenvalue weighted by Crippen LogP contribution is -2.10. The van der Waals surface area contributed by atoms with Crippen LogP contribution in [-0.2, 0) is 0 Å².